The smallest absolute Gasteiger partial charge is 0.410 e. The number of amides is 2. The monoisotopic (exact) mass is 642 g/mol. The van der Waals surface area contributed by atoms with Crippen LogP contribution in [-0.2, 0) is 31.8 Å². The van der Waals surface area contributed by atoms with Crippen LogP contribution >= 0.6 is 0 Å². The maximum Gasteiger partial charge on any atom is 0.413 e. The van der Waals surface area contributed by atoms with Gasteiger partial charge in [0.1, 0.15) is 23.7 Å². The third-order valence-corrected chi connectivity index (χ3v) is 10.0. The van der Waals surface area contributed by atoms with Crippen molar-refractivity contribution in [3.05, 3.63) is 120 Å². The molecule has 2 fully saturated rings. The van der Waals surface area contributed by atoms with Gasteiger partial charge in [0.05, 0.1) is 18.3 Å². The third-order valence-electron chi connectivity index (χ3n) is 8.20. The quantitative estimate of drug-likeness (QED) is 0.293. The second kappa shape index (κ2) is 13.2. The Morgan fingerprint density at radius 2 is 1.65 bits per heavy atom. The first-order valence-corrected chi connectivity index (χ1v) is 16.4. The number of Topliss-reactive ketones (excluding diaryl/α,β-unsaturated/α-hetero) is 1. The molecule has 0 spiro atoms. The van der Waals surface area contributed by atoms with Gasteiger partial charge in [-0.25, -0.2) is 17.6 Å². The first-order valence-electron chi connectivity index (χ1n) is 14.8. The molecule has 2 aliphatic heterocycles. The Hall–Kier alpha value is -4.94. The molecular weight excluding hydrogens is 611 g/mol. The lowest BCUT2D eigenvalue weighted by atomic mass is 10.0. The average molecular weight is 643 g/mol. The predicted octanol–water partition coefficient (Wildman–Crippen LogP) is 3.97. The zero-order chi connectivity index (χ0) is 32.3. The highest BCUT2D eigenvalue weighted by Crippen LogP contribution is 2.33. The number of aromatic nitrogens is 1. The van der Waals surface area contributed by atoms with Crippen LogP contribution in [0, 0.1) is 5.82 Å². The van der Waals surface area contributed by atoms with E-state index in [1.165, 1.54) is 39.7 Å². The number of nitrogens with zero attached hydrogens (tertiary/aromatic N) is 3. The van der Waals surface area contributed by atoms with E-state index >= 15 is 0 Å². The van der Waals surface area contributed by atoms with Gasteiger partial charge in [0.25, 0.3) is 0 Å². The fourth-order valence-electron chi connectivity index (χ4n) is 6.04. The molecule has 0 bridgehead atoms. The molecule has 3 aromatic carbocycles. The van der Waals surface area contributed by atoms with E-state index in [2.05, 4.69) is 10.3 Å². The summed E-state index contributed by atoms with van der Waals surface area (Å²) in [7, 11) is -3.89. The van der Waals surface area contributed by atoms with Crippen LogP contribution in [0.5, 0.6) is 5.75 Å². The number of likely N-dealkylation sites (tertiary alicyclic amines) is 1. The molecule has 0 saturated carbocycles. The molecule has 0 aliphatic carbocycles. The van der Waals surface area contributed by atoms with E-state index < -0.39 is 51.7 Å². The molecule has 2 aliphatic rings. The van der Waals surface area contributed by atoms with Gasteiger partial charge in [0.15, 0.2) is 5.78 Å². The van der Waals surface area contributed by atoms with Crippen LogP contribution in [0.25, 0.3) is 11.1 Å². The van der Waals surface area contributed by atoms with E-state index in [4.69, 9.17) is 4.74 Å². The Labute approximate surface area is 265 Å². The van der Waals surface area contributed by atoms with Crippen LogP contribution < -0.4 is 10.1 Å². The van der Waals surface area contributed by atoms with Gasteiger partial charge in [-0.1, -0.05) is 60.7 Å². The number of fused-ring (bicyclic) bond motifs is 1. The normalized spacial score (nSPS) is 18.6. The lowest BCUT2D eigenvalue weighted by molar-refractivity contribution is -0.138. The van der Waals surface area contributed by atoms with Crippen LogP contribution in [0.1, 0.15) is 17.5 Å². The van der Waals surface area contributed by atoms with E-state index in [1.807, 2.05) is 42.5 Å². The highest BCUT2D eigenvalue weighted by atomic mass is 32.2. The maximum atomic E-state index is 14.0. The van der Waals surface area contributed by atoms with Gasteiger partial charge in [-0.2, -0.15) is 4.31 Å². The first-order chi connectivity index (χ1) is 22.2. The van der Waals surface area contributed by atoms with Gasteiger partial charge in [-0.15, -0.1) is 0 Å². The van der Waals surface area contributed by atoms with E-state index in [-0.39, 0.29) is 37.4 Å². The molecule has 2 amide bonds. The number of ether oxygens (including phenoxy) is 1. The summed E-state index contributed by atoms with van der Waals surface area (Å²) in [5, 5.41) is 2.62. The second-order valence-electron chi connectivity index (χ2n) is 11.3. The van der Waals surface area contributed by atoms with E-state index in [0.717, 1.165) is 11.1 Å². The van der Waals surface area contributed by atoms with Gasteiger partial charge in [0, 0.05) is 25.4 Å². The van der Waals surface area contributed by atoms with E-state index in [0.29, 0.717) is 11.1 Å². The Bertz CT molecular complexity index is 1820. The van der Waals surface area contributed by atoms with Crippen molar-refractivity contribution in [1.82, 2.24) is 19.5 Å². The predicted molar refractivity (Wildman–Crippen MR) is 167 cm³/mol. The standard InChI is InChI=1S/C34H31FN4O6S/c35-27-12-8-23(9-13-27)19-29(37-34(42)45-28-14-10-26(11-15-28)25-6-2-1-3-7-25)33(41)38-18-16-30-32(38)31(40)21-39(30)46(43,44)22-24-5-4-17-36-20-24/h1-15,17,20,29-30,32H,16,18-19,21-22H2,(H,37,42). The molecule has 3 atom stereocenters. The summed E-state index contributed by atoms with van der Waals surface area (Å²) in [6, 6.07) is 22.5. The molecule has 3 heterocycles. The Balaban J connectivity index is 1.18. The van der Waals surface area contributed by atoms with E-state index in [9.17, 15) is 27.2 Å². The summed E-state index contributed by atoms with van der Waals surface area (Å²) >= 11 is 0. The fraction of sp³-hybridized carbons (Fsp3) is 0.235. The van der Waals surface area contributed by atoms with E-state index in [1.54, 1.807) is 30.5 Å². The Kier molecular flexibility index (Phi) is 8.91. The molecule has 6 rings (SSSR count). The third kappa shape index (κ3) is 6.82. The van der Waals surface area contributed by atoms with Gasteiger partial charge < -0.3 is 15.0 Å². The first kappa shape index (κ1) is 31.1. The number of ketones is 1. The number of carbonyl (C=O) groups excluding carboxylic acids is 3. The Morgan fingerprint density at radius 3 is 2.35 bits per heavy atom. The van der Waals surface area contributed by atoms with Crippen LogP contribution in [-0.4, -0.2) is 71.6 Å². The van der Waals surface area contributed by atoms with Crippen LogP contribution in [0.3, 0.4) is 0 Å². The zero-order valence-corrected chi connectivity index (χ0v) is 25.5. The molecule has 0 radical (unpaired) electrons. The molecule has 1 N–H and O–H groups in total. The Morgan fingerprint density at radius 1 is 0.935 bits per heavy atom. The second-order valence-corrected chi connectivity index (χ2v) is 13.2. The number of rotatable bonds is 9. The van der Waals surface area contributed by atoms with Crippen molar-refractivity contribution < 1.29 is 31.9 Å². The van der Waals surface area contributed by atoms with Crippen LogP contribution in [0.15, 0.2) is 103 Å². The largest absolute Gasteiger partial charge is 0.413 e. The summed E-state index contributed by atoms with van der Waals surface area (Å²) < 4.78 is 46.9. The summed E-state index contributed by atoms with van der Waals surface area (Å²) in [4.78, 5) is 45.6. The molecule has 3 unspecified atom stereocenters. The number of pyridine rings is 1. The van der Waals surface area contributed by atoms with Gasteiger partial charge >= 0.3 is 6.09 Å². The molecule has 2 saturated heterocycles. The molecule has 10 nitrogen and oxygen atoms in total. The van der Waals surface area contributed by atoms with Crippen molar-refractivity contribution in [1.29, 1.82) is 0 Å². The number of benzene rings is 3. The molecule has 12 heteroatoms. The minimum atomic E-state index is -3.89. The van der Waals surface area contributed by atoms with Crippen LogP contribution in [0.2, 0.25) is 0 Å². The van der Waals surface area contributed by atoms with Gasteiger partial charge in [0.2, 0.25) is 15.9 Å². The molecular formula is C34H31FN4O6S. The minimum Gasteiger partial charge on any atom is -0.410 e. The highest BCUT2D eigenvalue weighted by Gasteiger charge is 2.54. The van der Waals surface area contributed by atoms with Crippen molar-refractivity contribution in [3.63, 3.8) is 0 Å². The topological polar surface area (TPSA) is 126 Å². The highest BCUT2D eigenvalue weighted by molar-refractivity contribution is 7.88. The summed E-state index contributed by atoms with van der Waals surface area (Å²) in [5.74, 6) is -1.48. The zero-order valence-electron chi connectivity index (χ0n) is 24.7. The lowest BCUT2D eigenvalue weighted by Gasteiger charge is -2.28. The molecule has 4 aromatic rings. The summed E-state index contributed by atoms with van der Waals surface area (Å²) in [5.41, 5.74) is 2.99. The molecule has 1 aromatic heterocycles. The van der Waals surface area contributed by atoms with Gasteiger partial charge in [-0.05, 0) is 59.0 Å². The van der Waals surface area contributed by atoms with Crippen molar-refractivity contribution in [2.75, 3.05) is 13.1 Å². The molecule has 46 heavy (non-hydrogen) atoms. The van der Waals surface area contributed by atoms with Crippen molar-refractivity contribution in [2.45, 2.75) is 36.7 Å². The SMILES string of the molecule is O=C(NC(Cc1ccc(F)cc1)C(=O)N1CCC2C1C(=O)CN2S(=O)(=O)Cc1cccnc1)Oc1ccc(-c2ccccc2)cc1. The molecule has 236 valence electrons. The summed E-state index contributed by atoms with van der Waals surface area (Å²) in [6.07, 6.45) is 2.36. The maximum absolute atomic E-state index is 14.0. The number of halogens is 1. The number of nitrogens with one attached hydrogen (secondary N) is 1. The number of hydrogen-bond donors (Lipinski definition) is 1. The number of carbonyl (C=O) groups is 3. The van der Waals surface area contributed by atoms with Crippen molar-refractivity contribution in [2.24, 2.45) is 0 Å². The summed E-state index contributed by atoms with van der Waals surface area (Å²) in [6.45, 7) is -0.227. The van der Waals surface area contributed by atoms with Crippen molar-refractivity contribution >= 4 is 27.8 Å². The minimum absolute atomic E-state index is 0.00768. The lowest BCUT2D eigenvalue weighted by Crippen LogP contribution is -2.53. The average Bonchev–Trinajstić information content (AvgIpc) is 3.64. The number of hydrogen-bond acceptors (Lipinski definition) is 7. The van der Waals surface area contributed by atoms with Crippen LogP contribution in [0.4, 0.5) is 9.18 Å². The van der Waals surface area contributed by atoms with Crippen molar-refractivity contribution in [3.8, 4) is 16.9 Å². The van der Waals surface area contributed by atoms with Gasteiger partial charge in [-0.3, -0.25) is 14.6 Å². The number of sulfonamides is 1. The fourth-order valence-corrected chi connectivity index (χ4v) is 7.76.